The number of sulfone groups is 1. The maximum Gasteiger partial charge on any atom is 0.218 e. The molecule has 1 aliphatic rings. The first-order chi connectivity index (χ1) is 8.56. The van der Waals surface area contributed by atoms with Crippen molar-refractivity contribution in [1.82, 2.24) is 9.62 Å². The van der Waals surface area contributed by atoms with E-state index < -0.39 is 31.2 Å². The molecule has 0 aromatic heterocycles. The van der Waals surface area contributed by atoms with Gasteiger partial charge in [-0.15, -0.1) is 0 Å². The molecule has 0 amide bonds. The first-order valence-corrected chi connectivity index (χ1v) is 9.83. The maximum absolute atomic E-state index is 12.4. The van der Waals surface area contributed by atoms with E-state index in [4.69, 9.17) is 0 Å². The van der Waals surface area contributed by atoms with E-state index in [9.17, 15) is 16.8 Å². The molecule has 114 valence electrons. The Kier molecular flexibility index (Phi) is 5.39. The summed E-state index contributed by atoms with van der Waals surface area (Å²) in [7, 11) is -6.55. The van der Waals surface area contributed by atoms with Crippen LogP contribution in [-0.2, 0) is 19.9 Å². The molecule has 0 aliphatic carbocycles. The number of sulfonamides is 1. The highest BCUT2D eigenvalue weighted by atomic mass is 32.2. The molecule has 1 rings (SSSR count). The smallest absolute Gasteiger partial charge is 0.218 e. The number of nitrogens with zero attached hydrogens (tertiary/aromatic N) is 1. The Bertz CT molecular complexity index is 499. The molecule has 6 nitrogen and oxygen atoms in total. The van der Waals surface area contributed by atoms with E-state index in [0.717, 1.165) is 0 Å². The van der Waals surface area contributed by atoms with Gasteiger partial charge >= 0.3 is 0 Å². The second-order valence-corrected chi connectivity index (χ2v) is 10.0. The van der Waals surface area contributed by atoms with E-state index in [1.165, 1.54) is 4.31 Å². The molecule has 0 bridgehead atoms. The van der Waals surface area contributed by atoms with Crippen LogP contribution in [0.3, 0.4) is 0 Å². The summed E-state index contributed by atoms with van der Waals surface area (Å²) in [6.07, 6.45) is 0. The Morgan fingerprint density at radius 1 is 1.32 bits per heavy atom. The van der Waals surface area contributed by atoms with Gasteiger partial charge in [-0.2, -0.15) is 4.31 Å². The first-order valence-electron chi connectivity index (χ1n) is 6.50. The number of nitrogens with one attached hydrogen (secondary N) is 1. The Hall–Kier alpha value is -0.180. The molecule has 0 spiro atoms. The third kappa shape index (κ3) is 4.40. The first kappa shape index (κ1) is 16.9. The molecular weight excluding hydrogens is 288 g/mol. The topological polar surface area (TPSA) is 83.6 Å². The molecule has 1 N–H and O–H groups in total. The van der Waals surface area contributed by atoms with Crippen molar-refractivity contribution in [2.45, 2.75) is 45.0 Å². The summed E-state index contributed by atoms with van der Waals surface area (Å²) in [5.74, 6) is -0.169. The van der Waals surface area contributed by atoms with Crippen molar-refractivity contribution < 1.29 is 16.8 Å². The van der Waals surface area contributed by atoms with Gasteiger partial charge in [0.15, 0.2) is 9.84 Å². The van der Waals surface area contributed by atoms with Crippen molar-refractivity contribution in [3.8, 4) is 0 Å². The van der Waals surface area contributed by atoms with E-state index in [0.29, 0.717) is 6.54 Å². The monoisotopic (exact) mass is 312 g/mol. The Labute approximate surface area is 116 Å². The lowest BCUT2D eigenvalue weighted by atomic mass is 10.3. The van der Waals surface area contributed by atoms with Crippen LogP contribution >= 0.6 is 0 Å². The van der Waals surface area contributed by atoms with Gasteiger partial charge in [0.2, 0.25) is 10.0 Å². The maximum atomic E-state index is 12.4. The van der Waals surface area contributed by atoms with Crippen LogP contribution < -0.4 is 5.32 Å². The Balaban J connectivity index is 2.78. The fourth-order valence-corrected chi connectivity index (χ4v) is 5.56. The summed E-state index contributed by atoms with van der Waals surface area (Å²) in [5, 5.41) is 2.54. The molecule has 0 radical (unpaired) electrons. The lowest BCUT2D eigenvalue weighted by Crippen LogP contribution is -2.53. The molecule has 1 heterocycles. The van der Waals surface area contributed by atoms with E-state index in [1.807, 2.05) is 13.8 Å². The van der Waals surface area contributed by atoms with Crippen LogP contribution in [0.4, 0.5) is 0 Å². The van der Waals surface area contributed by atoms with E-state index in [1.54, 1.807) is 13.8 Å². The van der Waals surface area contributed by atoms with Gasteiger partial charge in [0.1, 0.15) is 0 Å². The second-order valence-electron chi connectivity index (χ2n) is 5.49. The highest BCUT2D eigenvalue weighted by Crippen LogP contribution is 2.18. The van der Waals surface area contributed by atoms with Crippen LogP contribution in [0.15, 0.2) is 0 Å². The predicted molar refractivity (Wildman–Crippen MR) is 76.3 cm³/mol. The number of hydrogen-bond acceptors (Lipinski definition) is 5. The van der Waals surface area contributed by atoms with Crippen molar-refractivity contribution in [3.05, 3.63) is 0 Å². The minimum atomic E-state index is -3.45. The van der Waals surface area contributed by atoms with Crippen LogP contribution in [0.25, 0.3) is 0 Å². The standard InChI is InChI=1S/C11H24N2O4S2/c1-9(2)12-7-11(4)19(16,17)13-5-6-18(14,15)8-10(13)3/h9-12H,5-8H2,1-4H3. The molecule has 0 aromatic rings. The molecule has 19 heavy (non-hydrogen) atoms. The van der Waals surface area contributed by atoms with Crippen molar-refractivity contribution in [1.29, 1.82) is 0 Å². The second kappa shape index (κ2) is 6.07. The van der Waals surface area contributed by atoms with Gasteiger partial charge in [-0.3, -0.25) is 0 Å². The summed E-state index contributed by atoms with van der Waals surface area (Å²) in [4.78, 5) is 0. The average molecular weight is 312 g/mol. The van der Waals surface area contributed by atoms with E-state index in [-0.39, 0.29) is 24.1 Å². The Morgan fingerprint density at radius 3 is 2.37 bits per heavy atom. The van der Waals surface area contributed by atoms with Crippen LogP contribution in [0.2, 0.25) is 0 Å². The quantitative estimate of drug-likeness (QED) is 0.761. The summed E-state index contributed by atoms with van der Waals surface area (Å²) < 4.78 is 49.1. The molecular formula is C11H24N2O4S2. The van der Waals surface area contributed by atoms with Crippen molar-refractivity contribution in [2.75, 3.05) is 24.6 Å². The van der Waals surface area contributed by atoms with Crippen LogP contribution in [-0.4, -0.2) is 63.1 Å². The molecule has 8 heteroatoms. The van der Waals surface area contributed by atoms with Gasteiger partial charge in [-0.05, 0) is 13.8 Å². The van der Waals surface area contributed by atoms with Crippen molar-refractivity contribution in [2.24, 2.45) is 0 Å². The van der Waals surface area contributed by atoms with Gasteiger partial charge in [-0.25, -0.2) is 16.8 Å². The van der Waals surface area contributed by atoms with Crippen LogP contribution in [0, 0.1) is 0 Å². The van der Waals surface area contributed by atoms with Crippen LogP contribution in [0.1, 0.15) is 27.7 Å². The van der Waals surface area contributed by atoms with Gasteiger partial charge in [-0.1, -0.05) is 13.8 Å². The molecule has 0 aromatic carbocycles. The molecule has 2 unspecified atom stereocenters. The van der Waals surface area contributed by atoms with Gasteiger partial charge in [0.25, 0.3) is 0 Å². The fraction of sp³-hybridized carbons (Fsp3) is 1.00. The van der Waals surface area contributed by atoms with E-state index in [2.05, 4.69) is 5.32 Å². The molecule has 1 aliphatic heterocycles. The molecule has 2 atom stereocenters. The largest absolute Gasteiger partial charge is 0.313 e. The molecule has 1 fully saturated rings. The highest BCUT2D eigenvalue weighted by molar-refractivity contribution is 7.92. The third-order valence-electron chi connectivity index (χ3n) is 3.26. The van der Waals surface area contributed by atoms with E-state index >= 15 is 0 Å². The van der Waals surface area contributed by atoms with Crippen molar-refractivity contribution in [3.63, 3.8) is 0 Å². The normalized spacial score (nSPS) is 26.5. The average Bonchev–Trinajstić information content (AvgIpc) is 2.23. The lowest BCUT2D eigenvalue weighted by molar-refractivity contribution is 0.351. The molecule has 1 saturated heterocycles. The zero-order valence-corrected chi connectivity index (χ0v) is 13.6. The predicted octanol–water partition coefficient (Wildman–Crippen LogP) is -0.178. The van der Waals surface area contributed by atoms with Crippen LogP contribution in [0.5, 0.6) is 0 Å². The third-order valence-corrected chi connectivity index (χ3v) is 7.43. The Morgan fingerprint density at radius 2 is 1.89 bits per heavy atom. The zero-order chi connectivity index (χ0) is 14.8. The lowest BCUT2D eigenvalue weighted by Gasteiger charge is -2.34. The van der Waals surface area contributed by atoms with Gasteiger partial charge < -0.3 is 5.32 Å². The summed E-state index contributed by atoms with van der Waals surface area (Å²) >= 11 is 0. The number of hydrogen-bond donors (Lipinski definition) is 1. The summed E-state index contributed by atoms with van der Waals surface area (Å²) in [6.45, 7) is 7.65. The molecule has 0 saturated carbocycles. The SMILES string of the molecule is CC(C)NCC(C)S(=O)(=O)N1CCS(=O)(=O)CC1C. The summed E-state index contributed by atoms with van der Waals surface area (Å²) in [5.41, 5.74) is 0. The zero-order valence-electron chi connectivity index (χ0n) is 12.0. The fourth-order valence-electron chi connectivity index (χ4n) is 2.10. The number of rotatable bonds is 5. The van der Waals surface area contributed by atoms with Gasteiger partial charge in [0.05, 0.1) is 16.8 Å². The highest BCUT2D eigenvalue weighted by Gasteiger charge is 2.38. The summed E-state index contributed by atoms with van der Waals surface area (Å²) in [6, 6.07) is -0.262. The van der Waals surface area contributed by atoms with Gasteiger partial charge in [0, 0.05) is 25.2 Å². The minimum Gasteiger partial charge on any atom is -0.313 e. The van der Waals surface area contributed by atoms with Crippen molar-refractivity contribution >= 4 is 19.9 Å². The minimum absolute atomic E-state index is 0.0673.